The van der Waals surface area contributed by atoms with Gasteiger partial charge in [0.1, 0.15) is 11.4 Å². The molecule has 2 amide bonds. The minimum atomic E-state index is -0.606. The Bertz CT molecular complexity index is 1100. The molecule has 0 fully saturated rings. The maximum atomic E-state index is 12.7. The average Bonchev–Trinajstić information content (AvgIpc) is 2.91. The SMILES string of the molecule is Cc1ccc(Cl)cc1NC(=O)Cn1cnc2sc(C(N)=O)c(C)c2c1=O. The van der Waals surface area contributed by atoms with E-state index in [1.54, 1.807) is 25.1 Å². The van der Waals surface area contributed by atoms with E-state index in [4.69, 9.17) is 17.3 Å². The molecule has 0 saturated heterocycles. The summed E-state index contributed by atoms with van der Waals surface area (Å²) in [7, 11) is 0. The Morgan fingerprint density at radius 2 is 2.08 bits per heavy atom. The van der Waals surface area contributed by atoms with Crippen molar-refractivity contribution in [2.75, 3.05) is 5.32 Å². The molecule has 0 aliphatic carbocycles. The Morgan fingerprint density at radius 1 is 1.35 bits per heavy atom. The van der Waals surface area contributed by atoms with Crippen molar-refractivity contribution in [3.63, 3.8) is 0 Å². The van der Waals surface area contributed by atoms with Gasteiger partial charge in [0.2, 0.25) is 5.91 Å². The molecule has 2 aromatic heterocycles. The highest BCUT2D eigenvalue weighted by molar-refractivity contribution is 7.20. The fourth-order valence-corrected chi connectivity index (χ4v) is 3.74. The van der Waals surface area contributed by atoms with Crippen LogP contribution in [0.1, 0.15) is 20.8 Å². The molecular formula is C17H15ClN4O3S. The number of rotatable bonds is 4. The summed E-state index contributed by atoms with van der Waals surface area (Å²) in [4.78, 5) is 41.3. The van der Waals surface area contributed by atoms with Crippen LogP contribution in [0.2, 0.25) is 5.02 Å². The highest BCUT2D eigenvalue weighted by Crippen LogP contribution is 2.26. The van der Waals surface area contributed by atoms with Crippen LogP contribution in [0.5, 0.6) is 0 Å². The summed E-state index contributed by atoms with van der Waals surface area (Å²) in [6.07, 6.45) is 1.29. The van der Waals surface area contributed by atoms with E-state index in [9.17, 15) is 14.4 Å². The molecule has 9 heteroatoms. The van der Waals surface area contributed by atoms with E-state index in [0.29, 0.717) is 31.4 Å². The number of aryl methyl sites for hydroxylation is 2. The largest absolute Gasteiger partial charge is 0.365 e. The molecule has 3 aromatic rings. The topological polar surface area (TPSA) is 107 Å². The van der Waals surface area contributed by atoms with Gasteiger partial charge in [0.15, 0.2) is 0 Å². The van der Waals surface area contributed by atoms with E-state index in [2.05, 4.69) is 10.3 Å². The zero-order valence-corrected chi connectivity index (χ0v) is 15.6. The van der Waals surface area contributed by atoms with Gasteiger partial charge in [-0.2, -0.15) is 0 Å². The van der Waals surface area contributed by atoms with Crippen molar-refractivity contribution < 1.29 is 9.59 Å². The normalized spacial score (nSPS) is 10.9. The Hall–Kier alpha value is -2.71. The molecule has 134 valence electrons. The smallest absolute Gasteiger partial charge is 0.262 e. The molecule has 0 radical (unpaired) electrons. The van der Waals surface area contributed by atoms with Gasteiger partial charge >= 0.3 is 0 Å². The van der Waals surface area contributed by atoms with Crippen molar-refractivity contribution in [3.05, 3.63) is 55.9 Å². The number of fused-ring (bicyclic) bond motifs is 1. The molecular weight excluding hydrogens is 376 g/mol. The molecule has 0 bridgehead atoms. The third-order valence-electron chi connectivity index (χ3n) is 3.93. The van der Waals surface area contributed by atoms with Gasteiger partial charge in [0.25, 0.3) is 11.5 Å². The maximum Gasteiger partial charge on any atom is 0.262 e. The van der Waals surface area contributed by atoms with Gasteiger partial charge in [-0.3, -0.25) is 19.0 Å². The molecule has 3 N–H and O–H groups in total. The number of halogens is 1. The number of hydrogen-bond donors (Lipinski definition) is 2. The monoisotopic (exact) mass is 390 g/mol. The molecule has 0 aliphatic heterocycles. The first kappa shape index (κ1) is 18.1. The number of nitrogens with one attached hydrogen (secondary N) is 1. The molecule has 3 rings (SSSR count). The predicted octanol–water partition coefficient (Wildman–Crippen LogP) is 2.47. The van der Waals surface area contributed by atoms with E-state index in [0.717, 1.165) is 16.9 Å². The molecule has 2 heterocycles. The highest BCUT2D eigenvalue weighted by atomic mass is 35.5. The predicted molar refractivity (Wildman–Crippen MR) is 102 cm³/mol. The zero-order chi connectivity index (χ0) is 19.0. The van der Waals surface area contributed by atoms with Crippen LogP contribution in [0.4, 0.5) is 5.69 Å². The lowest BCUT2D eigenvalue weighted by Crippen LogP contribution is -2.28. The van der Waals surface area contributed by atoms with E-state index < -0.39 is 11.5 Å². The molecule has 7 nitrogen and oxygen atoms in total. The summed E-state index contributed by atoms with van der Waals surface area (Å²) in [5, 5.41) is 3.53. The van der Waals surface area contributed by atoms with Crippen molar-refractivity contribution in [2.24, 2.45) is 5.73 Å². The summed E-state index contributed by atoms with van der Waals surface area (Å²) in [6, 6.07) is 5.16. The van der Waals surface area contributed by atoms with Crippen molar-refractivity contribution >= 4 is 50.7 Å². The number of hydrogen-bond acceptors (Lipinski definition) is 5. The third-order valence-corrected chi connectivity index (χ3v) is 5.38. The van der Waals surface area contributed by atoms with Crippen LogP contribution in [-0.2, 0) is 11.3 Å². The van der Waals surface area contributed by atoms with Gasteiger partial charge in [0, 0.05) is 10.7 Å². The number of anilines is 1. The summed E-state index contributed by atoms with van der Waals surface area (Å²) in [5.41, 5.74) is 6.83. The van der Waals surface area contributed by atoms with Crippen LogP contribution < -0.4 is 16.6 Å². The lowest BCUT2D eigenvalue weighted by molar-refractivity contribution is -0.116. The van der Waals surface area contributed by atoms with E-state index in [1.807, 2.05) is 6.92 Å². The van der Waals surface area contributed by atoms with Crippen LogP contribution in [0.15, 0.2) is 29.3 Å². The second-order valence-corrected chi connectivity index (χ2v) is 7.22. The number of amides is 2. The van der Waals surface area contributed by atoms with Crippen LogP contribution in [0.25, 0.3) is 10.2 Å². The molecule has 0 spiro atoms. The Labute approximate surface area is 157 Å². The first-order valence-corrected chi connectivity index (χ1v) is 8.81. The van der Waals surface area contributed by atoms with Crippen LogP contribution in [0, 0.1) is 13.8 Å². The van der Waals surface area contributed by atoms with Crippen LogP contribution in [0.3, 0.4) is 0 Å². The second-order valence-electron chi connectivity index (χ2n) is 5.79. The number of nitrogens with zero attached hydrogens (tertiary/aromatic N) is 2. The quantitative estimate of drug-likeness (QED) is 0.713. The summed E-state index contributed by atoms with van der Waals surface area (Å²) >= 11 is 7.01. The van der Waals surface area contributed by atoms with E-state index >= 15 is 0 Å². The second kappa shape index (κ2) is 6.89. The minimum absolute atomic E-state index is 0.213. The lowest BCUT2D eigenvalue weighted by Gasteiger charge is -2.10. The van der Waals surface area contributed by atoms with Crippen molar-refractivity contribution in [3.8, 4) is 0 Å². The standard InChI is InChI=1S/C17H15ClN4O3S/c1-8-3-4-10(18)5-11(8)21-12(23)6-22-7-20-16-13(17(22)25)9(2)14(26-16)15(19)24/h3-5,7H,6H2,1-2H3,(H2,19,24)(H,21,23). The number of benzene rings is 1. The number of primary amides is 1. The Kier molecular flexibility index (Phi) is 4.80. The molecule has 0 unspecified atom stereocenters. The first-order valence-electron chi connectivity index (χ1n) is 7.62. The van der Waals surface area contributed by atoms with Gasteiger partial charge in [-0.25, -0.2) is 4.98 Å². The third kappa shape index (κ3) is 3.33. The van der Waals surface area contributed by atoms with Gasteiger partial charge in [0.05, 0.1) is 16.6 Å². The molecule has 0 atom stereocenters. The summed E-state index contributed by atoms with van der Waals surface area (Å²) < 4.78 is 1.20. The van der Waals surface area contributed by atoms with E-state index in [1.165, 1.54) is 10.9 Å². The molecule has 1 aromatic carbocycles. The fourth-order valence-electron chi connectivity index (χ4n) is 2.58. The zero-order valence-electron chi connectivity index (χ0n) is 14.0. The lowest BCUT2D eigenvalue weighted by atomic mass is 10.2. The number of thiophene rings is 1. The van der Waals surface area contributed by atoms with Crippen molar-refractivity contribution in [1.82, 2.24) is 9.55 Å². The summed E-state index contributed by atoms with van der Waals surface area (Å²) in [5.74, 6) is -0.993. The fraction of sp³-hybridized carbons (Fsp3) is 0.176. The van der Waals surface area contributed by atoms with Crippen LogP contribution >= 0.6 is 22.9 Å². The van der Waals surface area contributed by atoms with Crippen molar-refractivity contribution in [1.29, 1.82) is 0 Å². The molecule has 0 saturated carbocycles. The van der Waals surface area contributed by atoms with Crippen LogP contribution in [-0.4, -0.2) is 21.4 Å². The molecule has 0 aliphatic rings. The van der Waals surface area contributed by atoms with E-state index in [-0.39, 0.29) is 12.5 Å². The van der Waals surface area contributed by atoms with Crippen molar-refractivity contribution in [2.45, 2.75) is 20.4 Å². The first-order chi connectivity index (χ1) is 12.3. The number of aromatic nitrogens is 2. The van der Waals surface area contributed by atoms with Gasteiger partial charge in [-0.15, -0.1) is 11.3 Å². The number of carbonyl (C=O) groups is 2. The van der Waals surface area contributed by atoms with Gasteiger partial charge < -0.3 is 11.1 Å². The highest BCUT2D eigenvalue weighted by Gasteiger charge is 2.18. The Balaban J connectivity index is 1.91. The minimum Gasteiger partial charge on any atom is -0.365 e. The maximum absolute atomic E-state index is 12.7. The van der Waals surface area contributed by atoms with Gasteiger partial charge in [-0.1, -0.05) is 17.7 Å². The number of carbonyl (C=O) groups excluding carboxylic acids is 2. The average molecular weight is 391 g/mol. The van der Waals surface area contributed by atoms with Gasteiger partial charge in [-0.05, 0) is 37.1 Å². The Morgan fingerprint density at radius 3 is 2.77 bits per heavy atom. The number of nitrogens with two attached hydrogens (primary N) is 1. The molecule has 26 heavy (non-hydrogen) atoms. The summed E-state index contributed by atoms with van der Waals surface area (Å²) in [6.45, 7) is 3.27.